The highest BCUT2D eigenvalue weighted by atomic mass is 16.5. The SMILES string of the molecule is CO.COc1ccccc1OCCOc1ccc(CCC(=O)O)cc1. The molecule has 0 atom stereocenters. The van der Waals surface area contributed by atoms with Gasteiger partial charge in [-0.05, 0) is 36.2 Å². The zero-order valence-corrected chi connectivity index (χ0v) is 14.5. The van der Waals surface area contributed by atoms with Gasteiger partial charge in [0, 0.05) is 13.5 Å². The Hall–Kier alpha value is -2.73. The summed E-state index contributed by atoms with van der Waals surface area (Å²) in [6.45, 7) is 0.813. The predicted molar refractivity (Wildman–Crippen MR) is 94.5 cm³/mol. The van der Waals surface area contributed by atoms with Gasteiger partial charge in [0.15, 0.2) is 11.5 Å². The van der Waals surface area contributed by atoms with Crippen LogP contribution in [0.4, 0.5) is 0 Å². The number of aliphatic hydroxyl groups excluding tert-OH is 1. The highest BCUT2D eigenvalue weighted by Gasteiger charge is 2.03. The number of aryl methyl sites for hydroxylation is 1. The minimum atomic E-state index is -0.793. The summed E-state index contributed by atoms with van der Waals surface area (Å²) < 4.78 is 16.4. The fourth-order valence-corrected chi connectivity index (χ4v) is 2.05. The van der Waals surface area contributed by atoms with Crippen molar-refractivity contribution in [3.63, 3.8) is 0 Å². The maximum Gasteiger partial charge on any atom is 0.303 e. The Morgan fingerprint density at radius 2 is 1.52 bits per heavy atom. The first kappa shape index (κ1) is 20.3. The summed E-state index contributed by atoms with van der Waals surface area (Å²) in [5.74, 6) is 1.31. The number of carboxylic acid groups (broad SMARTS) is 1. The van der Waals surface area contributed by atoms with Gasteiger partial charge < -0.3 is 24.4 Å². The molecule has 6 nitrogen and oxygen atoms in total. The molecule has 0 amide bonds. The van der Waals surface area contributed by atoms with Crippen LogP contribution in [0.25, 0.3) is 0 Å². The fourth-order valence-electron chi connectivity index (χ4n) is 2.05. The maximum absolute atomic E-state index is 10.5. The van der Waals surface area contributed by atoms with Gasteiger partial charge in [-0.15, -0.1) is 0 Å². The molecule has 0 aromatic heterocycles. The second kappa shape index (κ2) is 11.8. The summed E-state index contributed by atoms with van der Waals surface area (Å²) in [5, 5.41) is 15.7. The van der Waals surface area contributed by atoms with E-state index in [2.05, 4.69) is 0 Å². The number of carbonyl (C=O) groups is 1. The van der Waals surface area contributed by atoms with E-state index < -0.39 is 5.97 Å². The molecular formula is C19H24O6. The molecule has 2 aromatic carbocycles. The zero-order chi connectivity index (χ0) is 18.5. The molecule has 0 aliphatic heterocycles. The second-order valence-corrected chi connectivity index (χ2v) is 4.89. The molecule has 2 rings (SSSR count). The van der Waals surface area contributed by atoms with Crippen molar-refractivity contribution in [1.82, 2.24) is 0 Å². The van der Waals surface area contributed by atoms with Gasteiger partial charge in [-0.25, -0.2) is 0 Å². The number of methoxy groups -OCH3 is 1. The lowest BCUT2D eigenvalue weighted by Gasteiger charge is -2.11. The third kappa shape index (κ3) is 7.58. The van der Waals surface area contributed by atoms with Crippen molar-refractivity contribution in [2.45, 2.75) is 12.8 Å². The van der Waals surface area contributed by atoms with E-state index in [0.717, 1.165) is 18.4 Å². The topological polar surface area (TPSA) is 85.2 Å². The number of carboxylic acids is 1. The molecule has 6 heteroatoms. The van der Waals surface area contributed by atoms with Gasteiger partial charge in [-0.2, -0.15) is 0 Å². The summed E-state index contributed by atoms with van der Waals surface area (Å²) >= 11 is 0. The smallest absolute Gasteiger partial charge is 0.303 e. The average Bonchev–Trinajstić information content (AvgIpc) is 2.66. The summed E-state index contributed by atoms with van der Waals surface area (Å²) in [4.78, 5) is 10.5. The van der Waals surface area contributed by atoms with Crippen molar-refractivity contribution in [1.29, 1.82) is 0 Å². The van der Waals surface area contributed by atoms with E-state index in [0.29, 0.717) is 31.1 Å². The highest BCUT2D eigenvalue weighted by molar-refractivity contribution is 5.67. The maximum atomic E-state index is 10.5. The molecule has 0 radical (unpaired) electrons. The van der Waals surface area contributed by atoms with Crippen LogP contribution in [0.15, 0.2) is 48.5 Å². The Morgan fingerprint density at radius 3 is 2.12 bits per heavy atom. The molecule has 0 heterocycles. The monoisotopic (exact) mass is 348 g/mol. The molecule has 0 aliphatic rings. The normalized spacial score (nSPS) is 9.56. The molecule has 25 heavy (non-hydrogen) atoms. The minimum Gasteiger partial charge on any atom is -0.493 e. The van der Waals surface area contributed by atoms with Crippen molar-refractivity contribution < 1.29 is 29.2 Å². The summed E-state index contributed by atoms with van der Waals surface area (Å²) in [7, 11) is 2.60. The molecule has 0 fully saturated rings. The van der Waals surface area contributed by atoms with Crippen LogP contribution in [0, 0.1) is 0 Å². The third-order valence-corrected chi connectivity index (χ3v) is 3.23. The molecule has 2 N–H and O–H groups in total. The summed E-state index contributed by atoms with van der Waals surface area (Å²) in [5.41, 5.74) is 0.977. The van der Waals surface area contributed by atoms with Gasteiger partial charge in [0.25, 0.3) is 0 Å². The molecular weight excluding hydrogens is 324 g/mol. The van der Waals surface area contributed by atoms with Crippen LogP contribution in [0.3, 0.4) is 0 Å². The van der Waals surface area contributed by atoms with Crippen molar-refractivity contribution >= 4 is 5.97 Å². The molecule has 136 valence electrons. The summed E-state index contributed by atoms with van der Waals surface area (Å²) in [6.07, 6.45) is 0.652. The molecule has 0 unspecified atom stereocenters. The number of ether oxygens (including phenoxy) is 3. The van der Waals surface area contributed by atoms with Gasteiger partial charge in [0.1, 0.15) is 19.0 Å². The quantitative estimate of drug-likeness (QED) is 0.678. The molecule has 0 saturated heterocycles. The minimum absolute atomic E-state index is 0.132. The van der Waals surface area contributed by atoms with Gasteiger partial charge in [-0.1, -0.05) is 24.3 Å². The van der Waals surface area contributed by atoms with Gasteiger partial charge >= 0.3 is 5.97 Å². The number of benzene rings is 2. The van der Waals surface area contributed by atoms with Gasteiger partial charge in [0.2, 0.25) is 0 Å². The number of hydrogen-bond donors (Lipinski definition) is 2. The number of aliphatic hydroxyl groups is 1. The third-order valence-electron chi connectivity index (χ3n) is 3.23. The van der Waals surface area contributed by atoms with E-state index in [9.17, 15) is 4.79 Å². The standard InChI is InChI=1S/C18H20O5.CH4O/c1-21-16-4-2-3-5-17(16)23-13-12-22-15-9-6-14(7-10-15)8-11-18(19)20;1-2/h2-7,9-10H,8,11-13H2,1H3,(H,19,20);2H,1H3. The van der Waals surface area contributed by atoms with Gasteiger partial charge in [0.05, 0.1) is 7.11 Å². The Balaban J connectivity index is 0.00000151. The van der Waals surface area contributed by atoms with Crippen LogP contribution in [0.2, 0.25) is 0 Å². The molecule has 0 bridgehead atoms. The molecule has 0 spiro atoms. The molecule has 0 aliphatic carbocycles. The van der Waals surface area contributed by atoms with Crippen LogP contribution in [0.5, 0.6) is 17.2 Å². The van der Waals surface area contributed by atoms with E-state index in [1.165, 1.54) is 0 Å². The predicted octanol–water partition coefficient (Wildman–Crippen LogP) is 2.78. The first-order valence-corrected chi connectivity index (χ1v) is 7.83. The van der Waals surface area contributed by atoms with Crippen LogP contribution >= 0.6 is 0 Å². The number of aliphatic carboxylic acids is 1. The van der Waals surface area contributed by atoms with Crippen molar-refractivity contribution in [2.24, 2.45) is 0 Å². The van der Waals surface area contributed by atoms with Crippen molar-refractivity contribution in [3.8, 4) is 17.2 Å². The highest BCUT2D eigenvalue weighted by Crippen LogP contribution is 2.25. The Labute approximate surface area is 147 Å². The number of hydrogen-bond acceptors (Lipinski definition) is 5. The van der Waals surface area contributed by atoms with Crippen molar-refractivity contribution in [3.05, 3.63) is 54.1 Å². The first-order valence-electron chi connectivity index (χ1n) is 7.83. The number of para-hydroxylation sites is 2. The average molecular weight is 348 g/mol. The van der Waals surface area contributed by atoms with Crippen LogP contribution < -0.4 is 14.2 Å². The zero-order valence-electron chi connectivity index (χ0n) is 14.5. The van der Waals surface area contributed by atoms with Crippen molar-refractivity contribution in [2.75, 3.05) is 27.4 Å². The van der Waals surface area contributed by atoms with Crippen LogP contribution in [-0.2, 0) is 11.2 Å². The first-order chi connectivity index (χ1) is 12.2. The lowest BCUT2D eigenvalue weighted by Crippen LogP contribution is -2.09. The molecule has 0 saturated carbocycles. The van der Waals surface area contributed by atoms with E-state index in [1.54, 1.807) is 7.11 Å². The Bertz CT molecular complexity index is 624. The van der Waals surface area contributed by atoms with Crippen LogP contribution in [-0.4, -0.2) is 43.6 Å². The van der Waals surface area contributed by atoms with Crippen LogP contribution in [0.1, 0.15) is 12.0 Å². The fraction of sp³-hybridized carbons (Fsp3) is 0.316. The van der Waals surface area contributed by atoms with E-state index in [1.807, 2.05) is 48.5 Å². The summed E-state index contributed by atoms with van der Waals surface area (Å²) in [6, 6.07) is 14.9. The number of rotatable bonds is 9. The van der Waals surface area contributed by atoms with E-state index in [-0.39, 0.29) is 6.42 Å². The lowest BCUT2D eigenvalue weighted by molar-refractivity contribution is -0.136. The largest absolute Gasteiger partial charge is 0.493 e. The van der Waals surface area contributed by atoms with E-state index >= 15 is 0 Å². The second-order valence-electron chi connectivity index (χ2n) is 4.89. The lowest BCUT2D eigenvalue weighted by atomic mass is 10.1. The van der Waals surface area contributed by atoms with Gasteiger partial charge in [-0.3, -0.25) is 4.79 Å². The molecule has 2 aromatic rings. The Morgan fingerprint density at radius 1 is 0.920 bits per heavy atom. The van der Waals surface area contributed by atoms with E-state index in [4.69, 9.17) is 24.4 Å². The Kier molecular flexibility index (Phi) is 9.55.